The van der Waals surface area contributed by atoms with Crippen LogP contribution in [-0.4, -0.2) is 13.7 Å². The summed E-state index contributed by atoms with van der Waals surface area (Å²) in [6, 6.07) is 8.00. The van der Waals surface area contributed by atoms with Gasteiger partial charge in [0.15, 0.2) is 11.3 Å². The van der Waals surface area contributed by atoms with E-state index >= 15 is 0 Å². The minimum absolute atomic E-state index is 0.740. The van der Waals surface area contributed by atoms with E-state index in [9.17, 15) is 0 Å². The first-order valence-corrected chi connectivity index (χ1v) is 5.60. The highest BCUT2D eigenvalue weighted by Crippen LogP contribution is 2.28. The molecule has 0 radical (unpaired) electrons. The van der Waals surface area contributed by atoms with Gasteiger partial charge < -0.3 is 14.9 Å². The lowest BCUT2D eigenvalue weighted by atomic mass is 10.2. The van der Waals surface area contributed by atoms with E-state index in [1.54, 1.807) is 7.11 Å². The Balaban J connectivity index is 2.22. The molecule has 1 aromatic carbocycles. The van der Waals surface area contributed by atoms with E-state index in [1.165, 1.54) is 0 Å². The lowest BCUT2D eigenvalue weighted by molar-refractivity contribution is 0.407. The molecule has 0 amide bonds. The summed E-state index contributed by atoms with van der Waals surface area (Å²) in [5.41, 5.74) is 6.30. The van der Waals surface area contributed by atoms with Crippen molar-refractivity contribution in [1.82, 2.24) is 0 Å². The highest BCUT2D eigenvalue weighted by atomic mass is 16.5. The molecule has 0 saturated carbocycles. The third kappa shape index (κ3) is 2.19. The van der Waals surface area contributed by atoms with Crippen molar-refractivity contribution >= 4 is 11.0 Å². The fraction of sp³-hybridized carbons (Fsp3) is 0.385. The molecule has 0 atom stereocenters. The minimum Gasteiger partial charge on any atom is -0.493 e. The van der Waals surface area contributed by atoms with E-state index in [4.69, 9.17) is 14.9 Å². The molecule has 1 aromatic heterocycles. The molecule has 86 valence electrons. The van der Waals surface area contributed by atoms with Gasteiger partial charge in [-0.25, -0.2) is 0 Å². The standard InChI is InChI=1S/C13H17NO2/c1-15-12-7-4-5-10-9-11(16-13(10)12)6-2-3-8-14/h4-5,7,9H,2-3,6,8,14H2,1H3. The number of nitrogens with two attached hydrogens (primary N) is 1. The summed E-state index contributed by atoms with van der Waals surface area (Å²) in [6.07, 6.45) is 3.04. The molecule has 2 N–H and O–H groups in total. The molecule has 1 heterocycles. The van der Waals surface area contributed by atoms with Gasteiger partial charge in [0, 0.05) is 11.8 Å². The summed E-state index contributed by atoms with van der Waals surface area (Å²) in [5, 5.41) is 1.10. The van der Waals surface area contributed by atoms with Gasteiger partial charge in [0.2, 0.25) is 0 Å². The van der Waals surface area contributed by atoms with E-state index in [2.05, 4.69) is 6.07 Å². The molecular weight excluding hydrogens is 202 g/mol. The number of unbranched alkanes of at least 4 members (excludes halogenated alkanes) is 1. The predicted octanol–water partition coefficient (Wildman–Crippen LogP) is 2.72. The largest absolute Gasteiger partial charge is 0.493 e. The zero-order chi connectivity index (χ0) is 11.4. The molecule has 2 aromatic rings. The Morgan fingerprint density at radius 3 is 2.94 bits per heavy atom. The SMILES string of the molecule is COc1cccc2cc(CCCCN)oc12. The maximum Gasteiger partial charge on any atom is 0.176 e. The highest BCUT2D eigenvalue weighted by molar-refractivity contribution is 5.83. The van der Waals surface area contributed by atoms with Crippen molar-refractivity contribution in [2.45, 2.75) is 19.3 Å². The van der Waals surface area contributed by atoms with Gasteiger partial charge in [-0.15, -0.1) is 0 Å². The van der Waals surface area contributed by atoms with Crippen LogP contribution < -0.4 is 10.5 Å². The Bertz CT molecular complexity index is 462. The Morgan fingerprint density at radius 1 is 1.31 bits per heavy atom. The first-order valence-electron chi connectivity index (χ1n) is 5.60. The number of aryl methyl sites for hydroxylation is 1. The van der Waals surface area contributed by atoms with Crippen molar-refractivity contribution in [1.29, 1.82) is 0 Å². The summed E-state index contributed by atoms with van der Waals surface area (Å²) in [7, 11) is 1.66. The molecular formula is C13H17NO2. The number of ether oxygens (including phenoxy) is 1. The van der Waals surface area contributed by atoms with Crippen LogP contribution in [0.1, 0.15) is 18.6 Å². The monoisotopic (exact) mass is 219 g/mol. The molecule has 0 aliphatic rings. The second kappa shape index (κ2) is 5.03. The molecule has 0 aliphatic carbocycles. The average Bonchev–Trinajstić information content (AvgIpc) is 2.71. The van der Waals surface area contributed by atoms with E-state index in [0.29, 0.717) is 0 Å². The summed E-state index contributed by atoms with van der Waals surface area (Å²) >= 11 is 0. The van der Waals surface area contributed by atoms with Gasteiger partial charge in [-0.2, -0.15) is 0 Å². The number of hydrogen-bond donors (Lipinski definition) is 1. The van der Waals surface area contributed by atoms with Crippen molar-refractivity contribution in [2.75, 3.05) is 13.7 Å². The summed E-state index contributed by atoms with van der Waals surface area (Å²) in [5.74, 6) is 1.80. The van der Waals surface area contributed by atoms with Gasteiger partial charge in [0.05, 0.1) is 7.11 Å². The van der Waals surface area contributed by atoms with E-state index in [1.807, 2.05) is 18.2 Å². The molecule has 0 unspecified atom stereocenters. The van der Waals surface area contributed by atoms with Crippen LogP contribution in [0.25, 0.3) is 11.0 Å². The summed E-state index contributed by atoms with van der Waals surface area (Å²) < 4.78 is 11.0. The lowest BCUT2D eigenvalue weighted by Gasteiger charge is -1.98. The zero-order valence-electron chi connectivity index (χ0n) is 9.53. The van der Waals surface area contributed by atoms with Crippen LogP contribution in [0.3, 0.4) is 0 Å². The van der Waals surface area contributed by atoms with Crippen molar-refractivity contribution in [2.24, 2.45) is 5.73 Å². The van der Waals surface area contributed by atoms with Crippen LogP contribution in [0, 0.1) is 0 Å². The van der Waals surface area contributed by atoms with E-state index in [0.717, 1.165) is 48.3 Å². The predicted molar refractivity (Wildman–Crippen MR) is 64.8 cm³/mol. The van der Waals surface area contributed by atoms with E-state index in [-0.39, 0.29) is 0 Å². The quantitative estimate of drug-likeness (QED) is 0.786. The van der Waals surface area contributed by atoms with Crippen molar-refractivity contribution in [3.8, 4) is 5.75 Å². The topological polar surface area (TPSA) is 48.4 Å². The minimum atomic E-state index is 0.740. The Kier molecular flexibility index (Phi) is 3.47. The van der Waals surface area contributed by atoms with Crippen molar-refractivity contribution in [3.05, 3.63) is 30.0 Å². The second-order valence-electron chi connectivity index (χ2n) is 3.84. The normalized spacial score (nSPS) is 10.9. The van der Waals surface area contributed by atoms with Crippen LogP contribution >= 0.6 is 0 Å². The maximum atomic E-state index is 5.77. The van der Waals surface area contributed by atoms with Crippen LogP contribution in [0.15, 0.2) is 28.7 Å². The molecule has 0 aliphatic heterocycles. The molecule has 0 saturated heterocycles. The molecule has 0 bridgehead atoms. The molecule has 0 spiro atoms. The number of fused-ring (bicyclic) bond motifs is 1. The Hall–Kier alpha value is -1.48. The zero-order valence-corrected chi connectivity index (χ0v) is 9.53. The number of methoxy groups -OCH3 is 1. The third-order valence-electron chi connectivity index (χ3n) is 2.66. The van der Waals surface area contributed by atoms with Crippen LogP contribution in [0.4, 0.5) is 0 Å². The number of hydrogen-bond acceptors (Lipinski definition) is 3. The third-order valence-corrected chi connectivity index (χ3v) is 2.66. The molecule has 0 fully saturated rings. The number of benzene rings is 1. The Morgan fingerprint density at radius 2 is 2.19 bits per heavy atom. The average molecular weight is 219 g/mol. The van der Waals surface area contributed by atoms with Crippen LogP contribution in [-0.2, 0) is 6.42 Å². The summed E-state index contributed by atoms with van der Waals surface area (Å²) in [4.78, 5) is 0. The fourth-order valence-electron chi connectivity index (χ4n) is 1.82. The fourth-order valence-corrected chi connectivity index (χ4v) is 1.82. The molecule has 16 heavy (non-hydrogen) atoms. The highest BCUT2D eigenvalue weighted by Gasteiger charge is 2.07. The lowest BCUT2D eigenvalue weighted by Crippen LogP contribution is -1.98. The van der Waals surface area contributed by atoms with Crippen LogP contribution in [0.5, 0.6) is 5.75 Å². The first-order chi connectivity index (χ1) is 7.85. The van der Waals surface area contributed by atoms with Gasteiger partial charge in [0.1, 0.15) is 5.76 Å². The number of para-hydroxylation sites is 1. The van der Waals surface area contributed by atoms with Gasteiger partial charge in [-0.05, 0) is 31.5 Å². The van der Waals surface area contributed by atoms with Crippen molar-refractivity contribution < 1.29 is 9.15 Å². The number of rotatable bonds is 5. The van der Waals surface area contributed by atoms with Gasteiger partial charge in [0.25, 0.3) is 0 Å². The summed E-state index contributed by atoms with van der Waals surface area (Å²) in [6.45, 7) is 0.740. The number of furan rings is 1. The Labute approximate surface area is 95.2 Å². The molecule has 2 rings (SSSR count). The van der Waals surface area contributed by atoms with Gasteiger partial charge in [-0.3, -0.25) is 0 Å². The van der Waals surface area contributed by atoms with Gasteiger partial charge >= 0.3 is 0 Å². The van der Waals surface area contributed by atoms with Gasteiger partial charge in [-0.1, -0.05) is 12.1 Å². The maximum absolute atomic E-state index is 5.77. The second-order valence-corrected chi connectivity index (χ2v) is 3.84. The van der Waals surface area contributed by atoms with Crippen LogP contribution in [0.2, 0.25) is 0 Å². The van der Waals surface area contributed by atoms with Crippen molar-refractivity contribution in [3.63, 3.8) is 0 Å². The first kappa shape index (κ1) is 11.0. The molecule has 3 nitrogen and oxygen atoms in total. The van der Waals surface area contributed by atoms with E-state index < -0.39 is 0 Å². The smallest absolute Gasteiger partial charge is 0.176 e. The molecule has 3 heteroatoms.